The van der Waals surface area contributed by atoms with Crippen LogP contribution in [0.15, 0.2) is 0 Å². The summed E-state index contributed by atoms with van der Waals surface area (Å²) in [6, 6.07) is 0. The summed E-state index contributed by atoms with van der Waals surface area (Å²) < 4.78 is 12.4. The van der Waals surface area contributed by atoms with E-state index in [0.717, 1.165) is 70.6 Å². The fourth-order valence-electron chi connectivity index (χ4n) is 4.74. The number of rotatable bonds is 14. The first-order valence-corrected chi connectivity index (χ1v) is 12.3. The van der Waals surface area contributed by atoms with Crippen LogP contribution < -0.4 is 0 Å². The molecule has 2 N–H and O–H groups in total. The van der Waals surface area contributed by atoms with Gasteiger partial charge in [-0.1, -0.05) is 0 Å². The van der Waals surface area contributed by atoms with Crippen molar-refractivity contribution >= 4 is 11.9 Å². The van der Waals surface area contributed by atoms with E-state index in [2.05, 4.69) is 0 Å². The second-order valence-corrected chi connectivity index (χ2v) is 11.0. The number of carboxylic acids is 2. The van der Waals surface area contributed by atoms with Crippen molar-refractivity contribution in [3.63, 3.8) is 0 Å². The first kappa shape index (κ1) is 26.1. The molecule has 4 atom stereocenters. The molecule has 2 heterocycles. The monoisotopic (exact) mass is 440 g/mol. The maximum atomic E-state index is 11.2. The summed E-state index contributed by atoms with van der Waals surface area (Å²) in [7, 11) is 0. The number of carbonyl (C=O) groups is 2. The van der Waals surface area contributed by atoms with Gasteiger partial charge in [-0.05, 0) is 111 Å². The zero-order chi connectivity index (χ0) is 23.1. The normalized spacial score (nSPS) is 27.0. The molecule has 6 nitrogen and oxygen atoms in total. The highest BCUT2D eigenvalue weighted by Crippen LogP contribution is 2.32. The summed E-state index contributed by atoms with van der Waals surface area (Å²) >= 11 is 0. The van der Waals surface area contributed by atoms with E-state index in [4.69, 9.17) is 9.47 Å². The van der Waals surface area contributed by atoms with Crippen LogP contribution in [0.25, 0.3) is 0 Å². The van der Waals surface area contributed by atoms with Crippen LogP contribution in [0.4, 0.5) is 0 Å². The molecule has 0 aromatic rings. The Morgan fingerprint density at radius 3 is 1.23 bits per heavy atom. The SMILES string of the molecule is CC(C)(CCCC1CCC(CCCC2CCC(CCCC(C)(C)C(=O)O)O2)O1)C(=O)O. The van der Waals surface area contributed by atoms with E-state index in [1.165, 1.54) is 0 Å². The van der Waals surface area contributed by atoms with Crippen LogP contribution in [0, 0.1) is 10.8 Å². The number of hydrogen-bond donors (Lipinski definition) is 2. The first-order chi connectivity index (χ1) is 14.5. The van der Waals surface area contributed by atoms with Gasteiger partial charge in [0.2, 0.25) is 0 Å². The predicted molar refractivity (Wildman–Crippen MR) is 120 cm³/mol. The maximum Gasteiger partial charge on any atom is 0.309 e. The number of ether oxygens (including phenoxy) is 2. The van der Waals surface area contributed by atoms with Gasteiger partial charge in [0.1, 0.15) is 0 Å². The molecule has 0 saturated carbocycles. The summed E-state index contributed by atoms with van der Waals surface area (Å²) in [5.74, 6) is -1.45. The molecule has 0 aromatic carbocycles. The smallest absolute Gasteiger partial charge is 0.309 e. The van der Waals surface area contributed by atoms with Crippen LogP contribution >= 0.6 is 0 Å². The average Bonchev–Trinajstić information content (AvgIpc) is 3.31. The average molecular weight is 441 g/mol. The molecule has 2 aliphatic rings. The topological polar surface area (TPSA) is 93.1 Å². The second-order valence-electron chi connectivity index (χ2n) is 11.0. The highest BCUT2D eigenvalue weighted by molar-refractivity contribution is 5.73. The molecule has 0 aromatic heterocycles. The maximum absolute atomic E-state index is 11.2. The van der Waals surface area contributed by atoms with Gasteiger partial charge in [0.25, 0.3) is 0 Å². The molecule has 0 amide bonds. The van der Waals surface area contributed by atoms with Crippen LogP contribution in [-0.4, -0.2) is 46.6 Å². The van der Waals surface area contributed by atoms with Gasteiger partial charge < -0.3 is 19.7 Å². The van der Waals surface area contributed by atoms with Crippen molar-refractivity contribution in [1.29, 1.82) is 0 Å². The Morgan fingerprint density at radius 2 is 0.935 bits per heavy atom. The molecule has 0 bridgehead atoms. The molecule has 2 saturated heterocycles. The minimum Gasteiger partial charge on any atom is -0.481 e. The van der Waals surface area contributed by atoms with Crippen molar-refractivity contribution < 1.29 is 29.3 Å². The lowest BCUT2D eigenvalue weighted by molar-refractivity contribution is -0.148. The number of aliphatic carboxylic acids is 2. The molecular weight excluding hydrogens is 396 g/mol. The van der Waals surface area contributed by atoms with Crippen molar-refractivity contribution in [2.75, 3.05) is 0 Å². The minimum absolute atomic E-state index is 0.289. The summed E-state index contributed by atoms with van der Waals surface area (Å²) in [5, 5.41) is 18.4. The highest BCUT2D eigenvalue weighted by atomic mass is 16.5. The molecule has 31 heavy (non-hydrogen) atoms. The van der Waals surface area contributed by atoms with E-state index >= 15 is 0 Å². The predicted octanol–water partition coefficient (Wildman–Crippen LogP) is 5.81. The lowest BCUT2D eigenvalue weighted by atomic mass is 9.87. The van der Waals surface area contributed by atoms with Gasteiger partial charge in [-0.25, -0.2) is 0 Å². The third-order valence-electron chi connectivity index (χ3n) is 7.26. The zero-order valence-corrected chi connectivity index (χ0v) is 20.0. The Morgan fingerprint density at radius 1 is 0.645 bits per heavy atom. The number of carboxylic acid groups (broad SMARTS) is 2. The largest absolute Gasteiger partial charge is 0.481 e. The summed E-state index contributed by atoms with van der Waals surface area (Å²) in [6.07, 6.45) is 14.0. The molecule has 0 spiro atoms. The van der Waals surface area contributed by atoms with Gasteiger partial charge in [0.15, 0.2) is 0 Å². The first-order valence-electron chi connectivity index (χ1n) is 12.3. The van der Waals surface area contributed by atoms with E-state index in [9.17, 15) is 19.8 Å². The van der Waals surface area contributed by atoms with Gasteiger partial charge >= 0.3 is 11.9 Å². The van der Waals surface area contributed by atoms with Gasteiger partial charge in [0, 0.05) is 0 Å². The van der Waals surface area contributed by atoms with Crippen molar-refractivity contribution in [3.8, 4) is 0 Å². The molecule has 0 aliphatic carbocycles. The van der Waals surface area contributed by atoms with E-state index in [1.54, 1.807) is 27.7 Å². The Labute approximate surface area is 188 Å². The molecule has 6 heteroatoms. The highest BCUT2D eigenvalue weighted by Gasteiger charge is 2.31. The third-order valence-corrected chi connectivity index (χ3v) is 7.26. The van der Waals surface area contributed by atoms with E-state index in [0.29, 0.717) is 25.0 Å². The van der Waals surface area contributed by atoms with Gasteiger partial charge in [-0.3, -0.25) is 9.59 Å². The lowest BCUT2D eigenvalue weighted by Crippen LogP contribution is -2.24. The quantitative estimate of drug-likeness (QED) is 0.354. The van der Waals surface area contributed by atoms with Gasteiger partial charge in [-0.15, -0.1) is 0 Å². The van der Waals surface area contributed by atoms with Crippen molar-refractivity contribution in [2.24, 2.45) is 10.8 Å². The summed E-state index contributed by atoms with van der Waals surface area (Å²) in [4.78, 5) is 22.4. The fraction of sp³-hybridized carbons (Fsp3) is 0.920. The molecule has 2 aliphatic heterocycles. The Bertz CT molecular complexity index is 535. The molecule has 2 fully saturated rings. The van der Waals surface area contributed by atoms with Crippen LogP contribution in [0.1, 0.15) is 111 Å². The van der Waals surface area contributed by atoms with E-state index < -0.39 is 22.8 Å². The fourth-order valence-corrected chi connectivity index (χ4v) is 4.74. The lowest BCUT2D eigenvalue weighted by Gasteiger charge is -2.20. The Hall–Kier alpha value is -1.14. The second kappa shape index (κ2) is 11.6. The van der Waals surface area contributed by atoms with E-state index in [1.807, 2.05) is 0 Å². The molecule has 4 unspecified atom stereocenters. The standard InChI is InChI=1S/C25H44O6/c1-24(2,22(26)27)16-6-10-20-14-12-18(30-20)8-5-9-19-13-15-21(31-19)11-7-17-25(3,4)23(28)29/h18-21H,5-17H2,1-4H3,(H,26,27)(H,28,29). The van der Waals surface area contributed by atoms with Gasteiger partial charge in [-0.2, -0.15) is 0 Å². The minimum atomic E-state index is -0.724. The zero-order valence-electron chi connectivity index (χ0n) is 20.0. The molecule has 0 radical (unpaired) electrons. The summed E-state index contributed by atoms with van der Waals surface area (Å²) in [6.45, 7) is 7.17. The van der Waals surface area contributed by atoms with Crippen LogP contribution in [0.3, 0.4) is 0 Å². The Kier molecular flexibility index (Phi) is 9.81. The van der Waals surface area contributed by atoms with Gasteiger partial charge in [0.05, 0.1) is 35.2 Å². The molecule has 180 valence electrons. The van der Waals surface area contributed by atoms with Crippen molar-refractivity contribution in [2.45, 2.75) is 136 Å². The number of hydrogen-bond acceptors (Lipinski definition) is 4. The van der Waals surface area contributed by atoms with E-state index in [-0.39, 0.29) is 12.2 Å². The van der Waals surface area contributed by atoms with Crippen LogP contribution in [0.2, 0.25) is 0 Å². The molecular formula is C25H44O6. The third kappa shape index (κ3) is 8.72. The van der Waals surface area contributed by atoms with Crippen molar-refractivity contribution in [3.05, 3.63) is 0 Å². The summed E-state index contributed by atoms with van der Waals surface area (Å²) in [5.41, 5.74) is -1.30. The van der Waals surface area contributed by atoms with Crippen LogP contribution in [-0.2, 0) is 19.1 Å². The molecule has 2 rings (SSSR count). The van der Waals surface area contributed by atoms with Crippen LogP contribution in [0.5, 0.6) is 0 Å². The van der Waals surface area contributed by atoms with Crippen molar-refractivity contribution in [1.82, 2.24) is 0 Å². The Balaban J connectivity index is 1.53.